The second-order valence-corrected chi connectivity index (χ2v) is 13.8. The highest BCUT2D eigenvalue weighted by atomic mass is 35.5. The van der Waals surface area contributed by atoms with Gasteiger partial charge in [-0.1, -0.05) is 80.1 Å². The fraction of sp³-hybridized carbons (Fsp3) is 0.474. The van der Waals surface area contributed by atoms with E-state index in [1.165, 1.54) is 9.80 Å². The summed E-state index contributed by atoms with van der Waals surface area (Å²) in [5.41, 5.74) is 0.606. The molecule has 262 valence electrons. The van der Waals surface area contributed by atoms with E-state index in [1.807, 2.05) is 57.2 Å². The van der Waals surface area contributed by atoms with Crippen LogP contribution in [0.25, 0.3) is 0 Å². The molecule has 2 N–H and O–H groups in total. The van der Waals surface area contributed by atoms with Gasteiger partial charge in [0, 0.05) is 13.0 Å². The summed E-state index contributed by atoms with van der Waals surface area (Å²) < 4.78 is 12.8. The topological polar surface area (TPSA) is 125 Å². The first kappa shape index (κ1) is 36.3. The van der Waals surface area contributed by atoms with Crippen LogP contribution in [0.15, 0.2) is 73.8 Å². The van der Waals surface area contributed by atoms with Crippen molar-refractivity contribution in [3.05, 3.63) is 90.0 Å². The van der Waals surface area contributed by atoms with Crippen molar-refractivity contribution in [2.45, 2.75) is 76.3 Å². The second kappa shape index (κ2) is 15.3. The number of benzene rings is 2. The highest BCUT2D eigenvalue weighted by molar-refractivity contribution is 6.34. The van der Waals surface area contributed by atoms with Crippen LogP contribution in [0.1, 0.15) is 56.8 Å². The van der Waals surface area contributed by atoms with Crippen molar-refractivity contribution >= 4 is 41.0 Å². The third kappa shape index (κ3) is 6.78. The van der Waals surface area contributed by atoms with Gasteiger partial charge in [0.2, 0.25) is 11.8 Å². The van der Waals surface area contributed by atoms with Crippen molar-refractivity contribution in [1.82, 2.24) is 10.2 Å². The number of aliphatic hydroxyl groups excluding tert-OH is 1. The first-order chi connectivity index (χ1) is 23.5. The lowest BCUT2D eigenvalue weighted by Crippen LogP contribution is -2.60. The number of nitrogens with one attached hydrogen (secondary N) is 1. The lowest BCUT2D eigenvalue weighted by Gasteiger charge is -2.40. The number of hydrogen-bond acceptors (Lipinski definition) is 7. The van der Waals surface area contributed by atoms with Crippen LogP contribution < -0.4 is 10.2 Å². The van der Waals surface area contributed by atoms with E-state index in [-0.39, 0.29) is 37.9 Å². The first-order valence-corrected chi connectivity index (χ1v) is 17.3. The largest absolute Gasteiger partial charge is 0.455 e. The molecule has 3 aliphatic rings. The van der Waals surface area contributed by atoms with E-state index >= 15 is 0 Å². The monoisotopic (exact) mass is 691 g/mol. The number of aliphatic hydroxyl groups is 1. The molecule has 10 nitrogen and oxygen atoms in total. The molecule has 3 aliphatic heterocycles. The zero-order chi connectivity index (χ0) is 35.5. The van der Waals surface area contributed by atoms with Gasteiger partial charge in [-0.2, -0.15) is 0 Å². The summed E-state index contributed by atoms with van der Waals surface area (Å²) in [5.74, 6) is -3.93. The number of halogens is 1. The normalized spacial score (nSPS) is 25.1. The van der Waals surface area contributed by atoms with Crippen LogP contribution in [0.4, 0.5) is 5.69 Å². The molecule has 49 heavy (non-hydrogen) atoms. The fourth-order valence-electron chi connectivity index (χ4n) is 7.79. The van der Waals surface area contributed by atoms with Crippen molar-refractivity contribution in [2.24, 2.45) is 17.8 Å². The summed E-state index contributed by atoms with van der Waals surface area (Å²) >= 11 is 6.67. The van der Waals surface area contributed by atoms with Crippen LogP contribution >= 0.6 is 11.6 Å². The molecule has 11 heteroatoms. The predicted molar refractivity (Wildman–Crippen MR) is 187 cm³/mol. The maximum Gasteiger partial charge on any atom is 0.313 e. The molecule has 3 fully saturated rings. The minimum absolute atomic E-state index is 0.0363. The van der Waals surface area contributed by atoms with Crippen molar-refractivity contribution in [3.63, 3.8) is 0 Å². The SMILES string of the molecule is C=CCCC(=O)NC[C@@H](OC(=O)[C@@H]1[C@H]2C(=O)N([C@@H](CO)C(C)C)[C@H](C(=O)N(CC=C)c3c(C)cccc3Cl)[C@]23CC[C@H]1O3)c1ccccc1. The molecule has 3 heterocycles. The summed E-state index contributed by atoms with van der Waals surface area (Å²) in [5, 5.41) is 13.8. The molecule has 7 atom stereocenters. The molecule has 0 unspecified atom stereocenters. The highest BCUT2D eigenvalue weighted by Crippen LogP contribution is 2.59. The molecule has 0 radical (unpaired) electrons. The van der Waals surface area contributed by atoms with Gasteiger partial charge in [-0.05, 0) is 49.3 Å². The summed E-state index contributed by atoms with van der Waals surface area (Å²) in [6, 6.07) is 12.6. The number of aryl methyl sites for hydroxylation is 1. The molecule has 3 amide bonds. The molecular formula is C38H46ClN3O7. The summed E-state index contributed by atoms with van der Waals surface area (Å²) in [6.45, 7) is 12.9. The Hall–Kier alpha value is -3.99. The smallest absolute Gasteiger partial charge is 0.313 e. The van der Waals surface area contributed by atoms with Gasteiger partial charge in [-0.25, -0.2) is 0 Å². The van der Waals surface area contributed by atoms with E-state index < -0.39 is 59.5 Å². The molecule has 3 saturated heterocycles. The lowest BCUT2D eigenvalue weighted by atomic mass is 9.70. The number of nitrogens with zero attached hydrogens (tertiary/aromatic N) is 2. The fourth-order valence-corrected chi connectivity index (χ4v) is 8.11. The maximum absolute atomic E-state index is 14.9. The predicted octanol–water partition coefficient (Wildman–Crippen LogP) is 4.93. The Morgan fingerprint density at radius 2 is 1.90 bits per heavy atom. The molecule has 0 aromatic heterocycles. The number of hydrogen-bond donors (Lipinski definition) is 2. The van der Waals surface area contributed by atoms with Crippen LogP contribution in [0.3, 0.4) is 0 Å². The Balaban J connectivity index is 1.52. The van der Waals surface area contributed by atoms with Gasteiger partial charge in [-0.15, -0.1) is 13.2 Å². The number of amides is 3. The van der Waals surface area contributed by atoms with E-state index in [2.05, 4.69) is 18.5 Å². The van der Waals surface area contributed by atoms with E-state index in [0.717, 1.165) is 5.56 Å². The minimum Gasteiger partial charge on any atom is -0.455 e. The zero-order valence-corrected chi connectivity index (χ0v) is 29.1. The Labute approximate surface area is 293 Å². The van der Waals surface area contributed by atoms with E-state index in [4.69, 9.17) is 21.1 Å². The number of likely N-dealkylation sites (tertiary alicyclic amines) is 1. The number of ether oxygens (including phenoxy) is 2. The number of esters is 1. The average Bonchev–Trinajstić information content (AvgIpc) is 3.73. The molecule has 2 bridgehead atoms. The summed E-state index contributed by atoms with van der Waals surface area (Å²) in [6.07, 6.45) is 3.34. The van der Waals surface area contributed by atoms with Crippen LogP contribution in [0.5, 0.6) is 0 Å². The summed E-state index contributed by atoms with van der Waals surface area (Å²) in [7, 11) is 0. The molecule has 5 rings (SSSR count). The number of carbonyl (C=O) groups excluding carboxylic acids is 4. The van der Waals surface area contributed by atoms with Crippen LogP contribution in [-0.4, -0.2) is 77.2 Å². The molecule has 0 aliphatic carbocycles. The van der Waals surface area contributed by atoms with Gasteiger partial charge in [-0.3, -0.25) is 19.2 Å². The van der Waals surface area contributed by atoms with Crippen LogP contribution in [-0.2, 0) is 28.7 Å². The minimum atomic E-state index is -1.33. The number of rotatable bonds is 15. The molecule has 2 aromatic carbocycles. The maximum atomic E-state index is 14.9. The van der Waals surface area contributed by atoms with E-state index in [9.17, 15) is 24.3 Å². The third-order valence-corrected chi connectivity index (χ3v) is 10.4. The van der Waals surface area contributed by atoms with Gasteiger partial charge < -0.3 is 29.7 Å². The van der Waals surface area contributed by atoms with Crippen LogP contribution in [0, 0.1) is 24.7 Å². The van der Waals surface area contributed by atoms with Crippen molar-refractivity contribution in [3.8, 4) is 0 Å². The Morgan fingerprint density at radius 3 is 2.53 bits per heavy atom. The molecule has 0 saturated carbocycles. The second-order valence-electron chi connectivity index (χ2n) is 13.4. The molecular weight excluding hydrogens is 646 g/mol. The number of para-hydroxylation sites is 1. The number of anilines is 1. The number of allylic oxidation sites excluding steroid dienone is 1. The van der Waals surface area contributed by atoms with E-state index in [0.29, 0.717) is 35.5 Å². The standard InChI is InChI=1S/C38H46ClN3O7/c1-6-8-17-30(44)40-21-29(25-14-10-9-11-15-25)48-37(47)31-28-18-19-38(49-28)32(31)35(45)42(27(22-43)23(3)4)34(38)36(46)41(20-7-2)33-24(5)13-12-16-26(33)39/h6-7,9-16,23,27-29,31-32,34,43H,1-2,8,17-22H2,3-5H3,(H,40,44)/t27-,28+,29+,31-,32-,34+,38-/m0/s1. The third-order valence-electron chi connectivity index (χ3n) is 10.1. The highest BCUT2D eigenvalue weighted by Gasteiger charge is 2.76. The van der Waals surface area contributed by atoms with Crippen molar-refractivity contribution in [1.29, 1.82) is 0 Å². The Kier molecular flexibility index (Phi) is 11.3. The quantitative estimate of drug-likeness (QED) is 0.201. The lowest BCUT2D eigenvalue weighted by molar-refractivity contribution is -0.161. The number of fused-ring (bicyclic) bond motifs is 1. The van der Waals surface area contributed by atoms with E-state index in [1.54, 1.807) is 24.3 Å². The first-order valence-electron chi connectivity index (χ1n) is 16.9. The van der Waals surface area contributed by atoms with Gasteiger partial charge >= 0.3 is 5.97 Å². The molecule has 1 spiro atoms. The Morgan fingerprint density at radius 1 is 1.16 bits per heavy atom. The zero-order valence-electron chi connectivity index (χ0n) is 28.3. The van der Waals surface area contributed by atoms with Crippen LogP contribution in [0.2, 0.25) is 5.02 Å². The van der Waals surface area contributed by atoms with Gasteiger partial charge in [0.1, 0.15) is 17.7 Å². The summed E-state index contributed by atoms with van der Waals surface area (Å²) in [4.78, 5) is 59.3. The molecule has 2 aromatic rings. The number of carbonyl (C=O) groups is 4. The van der Waals surface area contributed by atoms with Gasteiger partial charge in [0.25, 0.3) is 5.91 Å². The van der Waals surface area contributed by atoms with Gasteiger partial charge in [0.15, 0.2) is 0 Å². The van der Waals surface area contributed by atoms with Crippen molar-refractivity contribution in [2.75, 3.05) is 24.6 Å². The van der Waals surface area contributed by atoms with Gasteiger partial charge in [0.05, 0.1) is 47.8 Å². The average molecular weight is 692 g/mol. The van der Waals surface area contributed by atoms with Crippen molar-refractivity contribution < 1.29 is 33.8 Å². The Bertz CT molecular complexity index is 1560.